The fraction of sp³-hybridized carbons (Fsp3) is 0.209. The average molecular weight is 1850 g/mol. The Morgan fingerprint density at radius 2 is 0.738 bits per heavy atom. The molecule has 8 aromatic carbocycles. The molecule has 0 atom stereocenters. The van der Waals surface area contributed by atoms with Crippen molar-refractivity contribution in [1.82, 2.24) is 19.3 Å². The number of benzene rings is 8. The highest BCUT2D eigenvalue weighted by molar-refractivity contribution is 7.92. The maximum Gasteiger partial charge on any atom is 0.335 e. The topological polar surface area (TPSA) is 453 Å². The molecule has 126 heavy (non-hydrogen) atoms. The van der Waals surface area contributed by atoms with E-state index in [9.17, 15) is 105 Å². The second-order valence-electron chi connectivity index (χ2n) is 31.2. The number of carbonyl (C=O) groups is 4. The van der Waals surface area contributed by atoms with Gasteiger partial charge in [0, 0.05) is 58.7 Å². The molecule has 26 nitrogen and oxygen atoms in total. The van der Waals surface area contributed by atoms with Crippen molar-refractivity contribution in [3.63, 3.8) is 0 Å². The van der Waals surface area contributed by atoms with Crippen LogP contribution >= 0.6 is 23.1 Å². The van der Waals surface area contributed by atoms with Crippen LogP contribution in [-0.2, 0) is 87.4 Å². The first-order chi connectivity index (χ1) is 59.4. The van der Waals surface area contributed by atoms with Crippen LogP contribution in [0.5, 0.6) is 0 Å². The van der Waals surface area contributed by atoms with Crippen molar-refractivity contribution in [3.05, 3.63) is 307 Å². The van der Waals surface area contributed by atoms with Crippen LogP contribution in [0, 0.1) is 28.5 Å². The van der Waals surface area contributed by atoms with Gasteiger partial charge >= 0.3 is 23.9 Å². The van der Waals surface area contributed by atoms with Crippen LogP contribution in [0.25, 0.3) is 45.0 Å². The molecule has 648 valence electrons. The third-order valence-corrected chi connectivity index (χ3v) is 30.8. The molecular weight excluding hydrogens is 1780 g/mol. The Balaban J connectivity index is 0.000000153. The van der Waals surface area contributed by atoms with Crippen molar-refractivity contribution >= 4 is 106 Å². The van der Waals surface area contributed by atoms with Crippen LogP contribution < -0.4 is 0 Å². The smallest absolute Gasteiger partial charge is 0.335 e. The Morgan fingerprint density at radius 1 is 0.405 bits per heavy atom. The molecule has 4 N–H and O–H groups in total. The van der Waals surface area contributed by atoms with E-state index in [0.717, 1.165) is 69.2 Å². The molecule has 3 aliphatic carbocycles. The summed E-state index contributed by atoms with van der Waals surface area (Å²) in [5.41, 5.74) is 6.94. The second kappa shape index (κ2) is 37.4. The van der Waals surface area contributed by atoms with Crippen molar-refractivity contribution in [2.24, 2.45) is 0 Å². The van der Waals surface area contributed by atoms with E-state index >= 15 is 0 Å². The zero-order valence-electron chi connectivity index (χ0n) is 67.7. The molecule has 15 rings (SSSR count). The summed E-state index contributed by atoms with van der Waals surface area (Å²) < 4.78 is 176. The molecule has 0 unspecified atom stereocenters. The van der Waals surface area contributed by atoms with Gasteiger partial charge in [-0.1, -0.05) is 87.0 Å². The molecule has 0 bridgehead atoms. The van der Waals surface area contributed by atoms with Crippen molar-refractivity contribution in [3.8, 4) is 57.2 Å². The highest BCUT2D eigenvalue weighted by atomic mass is 35.5. The summed E-state index contributed by atoms with van der Waals surface area (Å²) in [5, 5.41) is 57.7. The summed E-state index contributed by atoms with van der Waals surface area (Å²) in [6.45, 7) is 5.62. The minimum atomic E-state index is -4.12. The normalized spacial score (nSPS) is 13.5. The molecule has 3 fully saturated rings. The average Bonchev–Trinajstić information content (AvgIpc) is 1.36. The van der Waals surface area contributed by atoms with Crippen molar-refractivity contribution in [2.75, 3.05) is 12.5 Å². The first-order valence-electron chi connectivity index (χ1n) is 38.5. The van der Waals surface area contributed by atoms with E-state index in [2.05, 4.69) is 19.3 Å². The Hall–Kier alpha value is -12.4. The number of halogens is 2. The number of carboxylic acid groups (broad SMARTS) is 4. The third kappa shape index (κ3) is 22.3. The molecule has 12 aromatic rings. The zero-order valence-corrected chi connectivity index (χ0v) is 74.2. The molecule has 3 aliphatic rings. The Morgan fingerprint density at radius 3 is 1.06 bits per heavy atom. The Kier molecular flexibility index (Phi) is 27.6. The van der Waals surface area contributed by atoms with Crippen molar-refractivity contribution < 1.29 is 94.5 Å². The summed E-state index contributed by atoms with van der Waals surface area (Å²) in [7, 11) is -23.6. The summed E-state index contributed by atoms with van der Waals surface area (Å²) in [5.74, 6) is -7.55. The van der Waals surface area contributed by atoms with Crippen LogP contribution in [0.15, 0.2) is 247 Å². The molecule has 0 spiro atoms. The number of sulfone groups is 6. The van der Waals surface area contributed by atoms with Gasteiger partial charge in [0.25, 0.3) is 0 Å². The van der Waals surface area contributed by atoms with Crippen LogP contribution in [0.3, 0.4) is 0 Å². The van der Waals surface area contributed by atoms with Gasteiger partial charge < -0.3 is 20.4 Å². The SMILES string of the molecule is CC(C)(C)c1ccc(C(=O)O)cc1S(=O)(=O)Cc1cc(C#N)ccc1-c1ccccn1.CS(=O)(=O)c1cc(CS(=O)(=O)c2cc(C(=O)O)ccc2C2CC2)c(-c2ccccn2)cc1Cl.CS(=O)(=O)c1cc(CS(=O)(=O)c2cc(C(=O)O)ccc2C2CC2)c(-c2ccccn2)cc1F.N#Cc1ccc(-c2ccsn2)c(CS(=O)(=O)c2cc(C(=O)O)ccc2C2CC2)c1. The molecular formula is C91H78ClFN6O20S7. The fourth-order valence-electron chi connectivity index (χ4n) is 14.1. The van der Waals surface area contributed by atoms with Gasteiger partial charge in [0.2, 0.25) is 0 Å². The summed E-state index contributed by atoms with van der Waals surface area (Å²) in [6, 6.07) is 52.2. The standard InChI is InChI=1S/C24H22N2O4S.C23H20ClNO6S2.C23H20FNO6S2.C21H16N2O4S2/c1-24(2,3)20-10-8-17(23(27)28)13-22(20)31(29,30)15-18-12-16(14-25)7-9-19(18)21-6-4-5-11-26-21;2*1-32(28,29)22-11-16(18(12-19(22)24)20-4-2-3-9-25-20)13-33(30,31)21-10-15(23(26)27)7-8-17(21)14-5-6-14;22-11-13-1-5-17(19-7-8-28-23-19)16(9-13)12-29(26,27)20-10-15(21(24)25)4-6-18(20)14-2-3-14/h4-13H,15H2,1-3H3,(H,27,28);2*2-4,7-12,14H,5-6,13H2,1H3,(H,26,27);1,4-10,14H,2-3,12H2,(H,24,25). The summed E-state index contributed by atoms with van der Waals surface area (Å²) >= 11 is 7.49. The van der Waals surface area contributed by atoms with E-state index in [1.807, 2.05) is 32.9 Å². The predicted molar refractivity (Wildman–Crippen MR) is 469 cm³/mol. The zero-order chi connectivity index (χ0) is 91.3. The molecule has 0 saturated heterocycles. The van der Waals surface area contributed by atoms with Gasteiger partial charge in [0.15, 0.2) is 59.0 Å². The lowest BCUT2D eigenvalue weighted by atomic mass is 9.86. The maximum atomic E-state index is 14.7. The minimum absolute atomic E-state index is 0.0192. The molecule has 4 aromatic heterocycles. The molecule has 35 heteroatoms. The molecule has 4 heterocycles. The monoisotopic (exact) mass is 1850 g/mol. The van der Waals surface area contributed by atoms with Crippen LogP contribution in [-0.4, -0.2) is 127 Å². The van der Waals surface area contributed by atoms with Gasteiger partial charge in [0.1, 0.15) is 10.7 Å². The number of carboxylic acids is 4. The van der Waals surface area contributed by atoms with Crippen LogP contribution in [0.2, 0.25) is 5.02 Å². The Labute approximate surface area is 736 Å². The summed E-state index contributed by atoms with van der Waals surface area (Å²) in [6.07, 6.45) is 11.5. The third-order valence-electron chi connectivity index (χ3n) is 20.7. The van der Waals surface area contributed by atoms with E-state index in [-0.39, 0.29) is 103 Å². The van der Waals surface area contributed by atoms with E-state index in [4.69, 9.17) is 11.6 Å². The van der Waals surface area contributed by atoms with Gasteiger partial charge in [0.05, 0.1) is 121 Å². The number of pyridine rings is 3. The van der Waals surface area contributed by atoms with Crippen LogP contribution in [0.1, 0.15) is 174 Å². The van der Waals surface area contributed by atoms with E-state index in [1.165, 1.54) is 84.6 Å². The Bertz CT molecular complexity index is 6940. The highest BCUT2D eigenvalue weighted by Crippen LogP contribution is 2.48. The van der Waals surface area contributed by atoms with Crippen molar-refractivity contribution in [1.29, 1.82) is 10.5 Å². The number of nitriles is 2. The molecule has 0 radical (unpaired) electrons. The first-order valence-corrected chi connectivity index (χ1v) is 50.1. The number of aromatic carboxylic acids is 4. The van der Waals surface area contributed by atoms with E-state index in [0.29, 0.717) is 78.3 Å². The van der Waals surface area contributed by atoms with Gasteiger partial charge in [-0.2, -0.15) is 14.9 Å². The van der Waals surface area contributed by atoms with E-state index in [1.54, 1.807) is 127 Å². The lowest BCUT2D eigenvalue weighted by Crippen LogP contribution is -2.19. The van der Waals surface area contributed by atoms with E-state index < -0.39 is 111 Å². The van der Waals surface area contributed by atoms with Crippen molar-refractivity contribution in [2.45, 2.75) is 135 Å². The quantitative estimate of drug-likeness (QED) is 0.0413. The second-order valence-corrected chi connectivity index (χ2v) is 44.1. The fourth-order valence-corrected chi connectivity index (χ4v) is 23.7. The maximum absolute atomic E-state index is 14.7. The number of hydrogen-bond acceptors (Lipinski definition) is 23. The van der Waals surface area contributed by atoms with Gasteiger partial charge in [-0.15, -0.1) is 0 Å². The van der Waals surface area contributed by atoms with Gasteiger partial charge in [-0.25, -0.2) is 74.1 Å². The number of rotatable bonds is 25. The molecule has 0 amide bonds. The number of hydrogen-bond donors (Lipinski definition) is 4. The highest BCUT2D eigenvalue weighted by Gasteiger charge is 2.37. The molecule has 3 saturated carbocycles. The lowest BCUT2D eigenvalue weighted by Gasteiger charge is -2.23. The first kappa shape index (κ1) is 92.8. The summed E-state index contributed by atoms with van der Waals surface area (Å²) in [4.78, 5) is 57.6. The number of aromatic nitrogens is 4. The van der Waals surface area contributed by atoms with Gasteiger partial charge in [-0.05, 0) is 257 Å². The predicted octanol–water partition coefficient (Wildman–Crippen LogP) is 17.0. The lowest BCUT2D eigenvalue weighted by molar-refractivity contribution is 0.0685. The van der Waals surface area contributed by atoms with Crippen LogP contribution in [0.4, 0.5) is 4.39 Å². The molecule has 0 aliphatic heterocycles. The minimum Gasteiger partial charge on any atom is -0.478 e. The number of nitrogens with zero attached hydrogens (tertiary/aromatic N) is 6. The largest absolute Gasteiger partial charge is 0.478 e. The van der Waals surface area contributed by atoms with Gasteiger partial charge in [-0.3, -0.25) is 15.0 Å².